The second-order valence-electron chi connectivity index (χ2n) is 8.92. The number of likely N-dealkylation sites (tertiary alicyclic amines) is 1. The Morgan fingerprint density at radius 3 is 2.41 bits per heavy atom. The van der Waals surface area contributed by atoms with E-state index in [9.17, 15) is 19.8 Å². The summed E-state index contributed by atoms with van der Waals surface area (Å²) in [6.07, 6.45) is 2.66. The fraction of sp³-hybridized carbons (Fsp3) is 0.407. The Morgan fingerprint density at radius 2 is 1.79 bits per heavy atom. The molecule has 0 bridgehead atoms. The molecule has 7 nitrogen and oxygen atoms in total. The van der Waals surface area contributed by atoms with E-state index in [1.807, 2.05) is 25.9 Å². The van der Waals surface area contributed by atoms with Gasteiger partial charge in [-0.25, -0.2) is 0 Å². The molecule has 0 unspecified atom stereocenters. The van der Waals surface area contributed by atoms with E-state index >= 15 is 0 Å². The quantitative estimate of drug-likeness (QED) is 0.235. The molecule has 1 saturated heterocycles. The van der Waals surface area contributed by atoms with Gasteiger partial charge < -0.3 is 24.7 Å². The van der Waals surface area contributed by atoms with Gasteiger partial charge in [-0.2, -0.15) is 0 Å². The molecule has 3 rings (SSSR count). The van der Waals surface area contributed by atoms with Crippen LogP contribution in [-0.2, 0) is 9.59 Å². The summed E-state index contributed by atoms with van der Waals surface area (Å²) < 4.78 is 5.80. The van der Waals surface area contributed by atoms with Crippen molar-refractivity contribution in [1.82, 2.24) is 9.80 Å². The maximum absolute atomic E-state index is 13.1. The lowest BCUT2D eigenvalue weighted by molar-refractivity contribution is -0.139. The average molecular weight is 467 g/mol. The molecule has 0 saturated carbocycles. The van der Waals surface area contributed by atoms with Crippen molar-refractivity contribution < 1.29 is 24.5 Å². The van der Waals surface area contributed by atoms with Gasteiger partial charge in [0, 0.05) is 12.1 Å². The minimum absolute atomic E-state index is 0.0552. The molecular formula is C27H34N2O5. The van der Waals surface area contributed by atoms with Crippen molar-refractivity contribution in [2.24, 2.45) is 0 Å². The molecule has 1 atom stereocenters. The van der Waals surface area contributed by atoms with Crippen LogP contribution in [0.4, 0.5) is 0 Å². The molecule has 34 heavy (non-hydrogen) atoms. The third-order valence-corrected chi connectivity index (χ3v) is 5.96. The molecule has 0 aromatic heterocycles. The van der Waals surface area contributed by atoms with E-state index in [1.54, 1.807) is 30.3 Å². The van der Waals surface area contributed by atoms with Gasteiger partial charge in [0.15, 0.2) is 0 Å². The Bertz CT molecular complexity index is 1060. The molecule has 0 radical (unpaired) electrons. The molecule has 182 valence electrons. The Kier molecular flexibility index (Phi) is 8.34. The summed E-state index contributed by atoms with van der Waals surface area (Å²) in [5.41, 5.74) is 2.00. The minimum atomic E-state index is -0.733. The van der Waals surface area contributed by atoms with Crippen molar-refractivity contribution in [1.29, 1.82) is 0 Å². The summed E-state index contributed by atoms with van der Waals surface area (Å²) in [5.74, 6) is -0.738. The van der Waals surface area contributed by atoms with Gasteiger partial charge in [0.25, 0.3) is 11.7 Å². The van der Waals surface area contributed by atoms with Crippen molar-refractivity contribution in [2.45, 2.75) is 39.2 Å². The number of hydrogen-bond acceptors (Lipinski definition) is 6. The minimum Gasteiger partial charge on any atom is -0.508 e. The molecule has 1 aliphatic rings. The molecule has 2 N–H and O–H groups in total. The van der Waals surface area contributed by atoms with Crippen LogP contribution in [0.2, 0.25) is 0 Å². The number of nitrogens with zero attached hydrogens (tertiary/aromatic N) is 2. The molecule has 1 fully saturated rings. The van der Waals surface area contributed by atoms with Crippen molar-refractivity contribution in [3.8, 4) is 11.5 Å². The highest BCUT2D eigenvalue weighted by atomic mass is 16.5. The number of phenolic OH excluding ortho intramolecular Hbond substituents is 1. The number of hydrogen-bond donors (Lipinski definition) is 2. The fourth-order valence-electron chi connectivity index (χ4n) is 4.11. The summed E-state index contributed by atoms with van der Waals surface area (Å²) in [6.45, 7) is 5.72. The van der Waals surface area contributed by atoms with Crippen molar-refractivity contribution in [3.63, 3.8) is 0 Å². The van der Waals surface area contributed by atoms with Gasteiger partial charge >= 0.3 is 0 Å². The number of aromatic hydroxyl groups is 1. The highest BCUT2D eigenvalue weighted by Gasteiger charge is 2.45. The predicted molar refractivity (Wildman–Crippen MR) is 132 cm³/mol. The van der Waals surface area contributed by atoms with Crippen LogP contribution >= 0.6 is 0 Å². The van der Waals surface area contributed by atoms with Crippen molar-refractivity contribution >= 4 is 17.4 Å². The summed E-state index contributed by atoms with van der Waals surface area (Å²) in [4.78, 5) is 29.6. The van der Waals surface area contributed by atoms with Crippen molar-refractivity contribution in [3.05, 3.63) is 64.7 Å². The first-order chi connectivity index (χ1) is 16.2. The van der Waals surface area contributed by atoms with Crippen LogP contribution < -0.4 is 4.74 Å². The molecule has 2 aromatic carbocycles. The summed E-state index contributed by atoms with van der Waals surface area (Å²) >= 11 is 0. The van der Waals surface area contributed by atoms with E-state index in [1.165, 1.54) is 17.0 Å². The van der Waals surface area contributed by atoms with E-state index in [0.717, 1.165) is 30.7 Å². The maximum Gasteiger partial charge on any atom is 0.295 e. The van der Waals surface area contributed by atoms with E-state index in [4.69, 9.17) is 4.74 Å². The molecule has 1 amide bonds. The summed E-state index contributed by atoms with van der Waals surface area (Å²) in [6, 6.07) is 10.9. The number of ketones is 1. The Hall–Kier alpha value is -3.32. The highest BCUT2D eigenvalue weighted by molar-refractivity contribution is 6.46. The molecule has 2 aromatic rings. The van der Waals surface area contributed by atoms with E-state index in [-0.39, 0.29) is 17.1 Å². The number of amides is 1. The van der Waals surface area contributed by atoms with Crippen LogP contribution in [0.5, 0.6) is 11.5 Å². The van der Waals surface area contributed by atoms with Crippen molar-refractivity contribution in [2.75, 3.05) is 33.8 Å². The second kappa shape index (κ2) is 11.2. The number of benzene rings is 2. The first kappa shape index (κ1) is 25.3. The number of Topliss-reactive ketones (excluding diaryl/α,β-unsaturated/α-hetero) is 1. The number of aryl methyl sites for hydroxylation is 1. The number of unbranched alkanes of at least 4 members (excludes halogenated alkanes) is 1. The lowest BCUT2D eigenvalue weighted by Crippen LogP contribution is -2.32. The molecular weight excluding hydrogens is 432 g/mol. The normalized spacial score (nSPS) is 17.6. The van der Waals surface area contributed by atoms with E-state index in [0.29, 0.717) is 30.7 Å². The number of aliphatic hydroxyl groups is 1. The molecule has 1 heterocycles. The molecule has 0 spiro atoms. The Labute approximate surface area is 201 Å². The third-order valence-electron chi connectivity index (χ3n) is 5.96. The van der Waals surface area contributed by atoms with Gasteiger partial charge in [-0.1, -0.05) is 25.5 Å². The summed E-state index contributed by atoms with van der Waals surface area (Å²) in [7, 11) is 3.90. The van der Waals surface area contributed by atoms with Crippen LogP contribution in [0.15, 0.2) is 48.0 Å². The second-order valence-corrected chi connectivity index (χ2v) is 8.92. The van der Waals surface area contributed by atoms with Gasteiger partial charge in [-0.05, 0) is 81.9 Å². The van der Waals surface area contributed by atoms with Gasteiger partial charge in [0.05, 0.1) is 18.2 Å². The standard InChI is InChI=1S/C27H34N2O5/c1-5-6-16-34-22-13-10-20(17-18(22)2)25(31)23-24(19-8-11-21(30)12-9-19)29(27(33)26(23)32)15-7-14-28(3)4/h8-13,17,24,30-31H,5-7,14-16H2,1-4H3/b25-23+/t24-/m0/s1. The topological polar surface area (TPSA) is 90.3 Å². The predicted octanol–water partition coefficient (Wildman–Crippen LogP) is 4.25. The van der Waals surface area contributed by atoms with Crippen LogP contribution in [-0.4, -0.2) is 65.5 Å². The average Bonchev–Trinajstić information content (AvgIpc) is 3.05. The Balaban J connectivity index is 2.02. The number of aliphatic hydroxyl groups excluding tert-OH is 1. The Morgan fingerprint density at radius 1 is 1.09 bits per heavy atom. The zero-order chi connectivity index (χ0) is 24.8. The fourth-order valence-corrected chi connectivity index (χ4v) is 4.11. The van der Waals surface area contributed by atoms with Crippen LogP contribution in [0, 0.1) is 6.92 Å². The first-order valence-corrected chi connectivity index (χ1v) is 11.7. The van der Waals surface area contributed by atoms with Crippen LogP contribution in [0.1, 0.15) is 48.9 Å². The zero-order valence-corrected chi connectivity index (χ0v) is 20.4. The van der Waals surface area contributed by atoms with Gasteiger partial charge in [-0.15, -0.1) is 0 Å². The SMILES string of the molecule is CCCCOc1ccc(/C(O)=C2\C(=O)C(=O)N(CCCN(C)C)[C@H]2c2ccc(O)cc2)cc1C. The lowest BCUT2D eigenvalue weighted by Gasteiger charge is -2.26. The van der Waals surface area contributed by atoms with Gasteiger partial charge in [-0.3, -0.25) is 9.59 Å². The molecule has 0 aliphatic carbocycles. The van der Waals surface area contributed by atoms with Gasteiger partial charge in [0.1, 0.15) is 17.3 Å². The molecule has 1 aliphatic heterocycles. The first-order valence-electron chi connectivity index (χ1n) is 11.7. The maximum atomic E-state index is 13.1. The van der Waals surface area contributed by atoms with E-state index in [2.05, 4.69) is 6.92 Å². The number of rotatable bonds is 10. The number of carbonyl (C=O) groups is 2. The third kappa shape index (κ3) is 5.59. The number of ether oxygens (including phenoxy) is 1. The largest absolute Gasteiger partial charge is 0.508 e. The van der Waals surface area contributed by atoms with E-state index < -0.39 is 17.7 Å². The monoisotopic (exact) mass is 466 g/mol. The number of phenols is 1. The van der Waals surface area contributed by atoms with Gasteiger partial charge in [0.2, 0.25) is 0 Å². The van der Waals surface area contributed by atoms with Crippen LogP contribution in [0.25, 0.3) is 5.76 Å². The van der Waals surface area contributed by atoms with Crippen LogP contribution in [0.3, 0.4) is 0 Å². The molecule has 7 heteroatoms. The summed E-state index contributed by atoms with van der Waals surface area (Å²) in [5, 5.41) is 21.0. The highest BCUT2D eigenvalue weighted by Crippen LogP contribution is 2.40. The lowest BCUT2D eigenvalue weighted by atomic mass is 9.94. The number of carbonyl (C=O) groups excluding carboxylic acids is 2. The smallest absolute Gasteiger partial charge is 0.295 e. The zero-order valence-electron chi connectivity index (χ0n) is 20.4.